The first-order valence-corrected chi connectivity index (χ1v) is 10.9. The van der Waals surface area contributed by atoms with E-state index in [1.165, 1.54) is 25.8 Å². The molecule has 7 nitrogen and oxygen atoms in total. The van der Waals surface area contributed by atoms with Crippen LogP contribution in [0.5, 0.6) is 5.75 Å². The van der Waals surface area contributed by atoms with Gasteiger partial charge in [0.2, 0.25) is 0 Å². The second-order valence-electron chi connectivity index (χ2n) is 9.10. The van der Waals surface area contributed by atoms with Crippen LogP contribution in [0.15, 0.2) is 42.6 Å². The average Bonchev–Trinajstić information content (AvgIpc) is 3.11. The fourth-order valence-electron chi connectivity index (χ4n) is 5.35. The number of phenolic OH excluding ortho intramolecular Hbond substituents is 1. The third kappa shape index (κ3) is 2.95. The van der Waals surface area contributed by atoms with Gasteiger partial charge < -0.3 is 14.9 Å². The Bertz CT molecular complexity index is 1310. The highest BCUT2D eigenvalue weighted by Crippen LogP contribution is 2.41. The lowest BCUT2D eigenvalue weighted by Gasteiger charge is -2.57. The second-order valence-corrected chi connectivity index (χ2v) is 9.10. The molecule has 2 fully saturated rings. The van der Waals surface area contributed by atoms with Crippen molar-refractivity contribution in [1.82, 2.24) is 24.6 Å². The highest BCUT2D eigenvalue weighted by atomic mass is 16.3. The number of piperidine rings is 1. The van der Waals surface area contributed by atoms with E-state index in [9.17, 15) is 5.11 Å². The molecule has 0 amide bonds. The molecular weight excluding hydrogens is 388 g/mol. The molecule has 0 aliphatic carbocycles. The first-order chi connectivity index (χ1) is 15.0. The van der Waals surface area contributed by atoms with Gasteiger partial charge in [-0.3, -0.25) is 4.68 Å². The molecule has 2 aliphatic rings. The molecule has 158 valence electrons. The molecule has 1 N–H and O–H groups in total. The standard InChI is InChI=1S/C24H26N6O/c1-28-10-3-8-24(15-28)9-11-30(24)23-7-6-19-20(26-23)5-4-18(25-19)17-12-16-14-29(2)27-21(16)13-22(17)31/h4-7,12-14,31H,3,8-11,15H2,1-2H3. The maximum atomic E-state index is 10.5. The van der Waals surface area contributed by atoms with Gasteiger partial charge in [0.25, 0.3) is 0 Å². The van der Waals surface area contributed by atoms with Crippen LogP contribution in [0.2, 0.25) is 0 Å². The summed E-state index contributed by atoms with van der Waals surface area (Å²) in [5.41, 5.74) is 4.17. The SMILES string of the molecule is CN1CCCC2(CCN2c2ccc3nc(-c4cc5cn(C)nc5cc4O)ccc3n2)C1. The van der Waals surface area contributed by atoms with Crippen LogP contribution in [0, 0.1) is 0 Å². The summed E-state index contributed by atoms with van der Waals surface area (Å²) in [7, 11) is 4.09. The molecule has 31 heavy (non-hydrogen) atoms. The number of phenols is 1. The number of aromatic nitrogens is 4. The molecule has 7 heteroatoms. The number of hydrogen-bond donors (Lipinski definition) is 1. The number of likely N-dealkylation sites (N-methyl/N-ethyl adjacent to an activating group) is 1. The van der Waals surface area contributed by atoms with Crippen LogP contribution in [0.1, 0.15) is 19.3 Å². The number of rotatable bonds is 2. The molecule has 5 heterocycles. The largest absolute Gasteiger partial charge is 0.507 e. The molecule has 0 saturated carbocycles. The van der Waals surface area contributed by atoms with Crippen LogP contribution in [0.25, 0.3) is 33.2 Å². The first kappa shape index (κ1) is 18.6. The molecule has 1 aromatic carbocycles. The quantitative estimate of drug-likeness (QED) is 0.541. The van der Waals surface area contributed by atoms with Crippen molar-refractivity contribution in [3.8, 4) is 17.0 Å². The Morgan fingerprint density at radius 1 is 0.935 bits per heavy atom. The van der Waals surface area contributed by atoms with E-state index in [1.54, 1.807) is 10.7 Å². The van der Waals surface area contributed by atoms with Crippen molar-refractivity contribution in [3.63, 3.8) is 0 Å². The monoisotopic (exact) mass is 414 g/mol. The van der Waals surface area contributed by atoms with Crippen LogP contribution >= 0.6 is 0 Å². The lowest BCUT2D eigenvalue weighted by Crippen LogP contribution is -2.67. The van der Waals surface area contributed by atoms with E-state index >= 15 is 0 Å². The normalized spacial score (nSPS) is 21.8. The number of nitrogens with zero attached hydrogens (tertiary/aromatic N) is 6. The van der Waals surface area contributed by atoms with Crippen molar-refractivity contribution >= 4 is 27.8 Å². The molecule has 2 aliphatic heterocycles. The van der Waals surface area contributed by atoms with Crippen molar-refractivity contribution < 1.29 is 5.11 Å². The third-order valence-corrected chi connectivity index (χ3v) is 6.94. The summed E-state index contributed by atoms with van der Waals surface area (Å²) in [5, 5.41) is 15.9. The fourth-order valence-corrected chi connectivity index (χ4v) is 5.35. The van der Waals surface area contributed by atoms with Gasteiger partial charge in [0, 0.05) is 43.4 Å². The molecular formula is C24H26N6O. The summed E-state index contributed by atoms with van der Waals surface area (Å²) in [5.74, 6) is 1.23. The van der Waals surface area contributed by atoms with Crippen molar-refractivity contribution in [2.24, 2.45) is 7.05 Å². The Balaban J connectivity index is 1.35. The molecule has 2 saturated heterocycles. The van der Waals surface area contributed by atoms with Gasteiger partial charge in [-0.2, -0.15) is 5.10 Å². The average molecular weight is 415 g/mol. The van der Waals surface area contributed by atoms with E-state index in [4.69, 9.17) is 9.97 Å². The van der Waals surface area contributed by atoms with Gasteiger partial charge in [0.05, 0.1) is 27.8 Å². The first-order valence-electron chi connectivity index (χ1n) is 10.9. The Hall–Kier alpha value is -3.19. The molecule has 6 rings (SSSR count). The molecule has 0 bridgehead atoms. The maximum absolute atomic E-state index is 10.5. The molecule has 0 radical (unpaired) electrons. The van der Waals surface area contributed by atoms with Gasteiger partial charge in [-0.05, 0) is 63.2 Å². The summed E-state index contributed by atoms with van der Waals surface area (Å²) in [4.78, 5) is 14.7. The lowest BCUT2D eigenvalue weighted by molar-refractivity contribution is 0.122. The van der Waals surface area contributed by atoms with Crippen molar-refractivity contribution in [1.29, 1.82) is 0 Å². The van der Waals surface area contributed by atoms with Gasteiger partial charge in [-0.25, -0.2) is 9.97 Å². The lowest BCUT2D eigenvalue weighted by atomic mass is 9.78. The molecule has 4 aromatic rings. The molecule has 1 atom stereocenters. The summed E-state index contributed by atoms with van der Waals surface area (Å²) in [6.45, 7) is 3.36. The number of aromatic hydroxyl groups is 1. The zero-order valence-corrected chi connectivity index (χ0v) is 17.9. The Kier molecular flexibility index (Phi) is 3.99. The summed E-state index contributed by atoms with van der Waals surface area (Å²) in [6, 6.07) is 11.7. The van der Waals surface area contributed by atoms with Gasteiger partial charge in [-0.15, -0.1) is 0 Å². The molecule has 1 spiro atoms. The molecule has 1 unspecified atom stereocenters. The minimum atomic E-state index is 0.187. The third-order valence-electron chi connectivity index (χ3n) is 6.94. The van der Waals surface area contributed by atoms with E-state index < -0.39 is 0 Å². The van der Waals surface area contributed by atoms with Crippen LogP contribution in [-0.2, 0) is 7.05 Å². The van der Waals surface area contributed by atoms with E-state index in [0.717, 1.165) is 46.5 Å². The van der Waals surface area contributed by atoms with Crippen molar-refractivity contribution in [3.05, 3.63) is 42.6 Å². The van der Waals surface area contributed by atoms with Crippen LogP contribution < -0.4 is 4.90 Å². The highest BCUT2D eigenvalue weighted by molar-refractivity contribution is 5.88. The smallest absolute Gasteiger partial charge is 0.129 e. The zero-order valence-electron chi connectivity index (χ0n) is 17.9. The van der Waals surface area contributed by atoms with Crippen LogP contribution in [0.3, 0.4) is 0 Å². The maximum Gasteiger partial charge on any atom is 0.129 e. The predicted molar refractivity (Wildman–Crippen MR) is 122 cm³/mol. The number of aryl methyl sites for hydroxylation is 1. The Morgan fingerprint density at radius 3 is 2.58 bits per heavy atom. The number of hydrogen-bond acceptors (Lipinski definition) is 6. The highest BCUT2D eigenvalue weighted by Gasteiger charge is 2.47. The second kappa shape index (κ2) is 6.65. The number of pyridine rings is 2. The Labute approximate surface area is 180 Å². The Morgan fingerprint density at radius 2 is 1.77 bits per heavy atom. The van der Waals surface area contributed by atoms with Crippen molar-refractivity contribution in [2.75, 3.05) is 31.6 Å². The number of likely N-dealkylation sites (tertiary alicyclic amines) is 1. The summed E-state index contributed by atoms with van der Waals surface area (Å²) < 4.78 is 1.75. The van der Waals surface area contributed by atoms with Gasteiger partial charge in [0.15, 0.2) is 0 Å². The summed E-state index contributed by atoms with van der Waals surface area (Å²) >= 11 is 0. The van der Waals surface area contributed by atoms with Gasteiger partial charge in [-0.1, -0.05) is 0 Å². The van der Waals surface area contributed by atoms with E-state index in [2.05, 4.69) is 34.1 Å². The topological polar surface area (TPSA) is 70.3 Å². The molecule has 3 aromatic heterocycles. The van der Waals surface area contributed by atoms with Crippen LogP contribution in [-0.4, -0.2) is 62.0 Å². The zero-order chi connectivity index (χ0) is 21.2. The number of benzene rings is 1. The predicted octanol–water partition coefficient (Wildman–Crippen LogP) is 3.56. The van der Waals surface area contributed by atoms with Gasteiger partial charge >= 0.3 is 0 Å². The van der Waals surface area contributed by atoms with E-state index in [-0.39, 0.29) is 11.3 Å². The van der Waals surface area contributed by atoms with E-state index in [1.807, 2.05) is 31.4 Å². The van der Waals surface area contributed by atoms with Crippen molar-refractivity contribution in [2.45, 2.75) is 24.8 Å². The minimum Gasteiger partial charge on any atom is -0.507 e. The summed E-state index contributed by atoms with van der Waals surface area (Å²) in [6.07, 6.45) is 5.67. The van der Waals surface area contributed by atoms with Gasteiger partial charge in [0.1, 0.15) is 11.6 Å². The van der Waals surface area contributed by atoms with Crippen LogP contribution in [0.4, 0.5) is 5.82 Å². The number of anilines is 1. The number of fused-ring (bicyclic) bond motifs is 2. The van der Waals surface area contributed by atoms with E-state index in [0.29, 0.717) is 5.56 Å². The minimum absolute atomic E-state index is 0.187. The fraction of sp³-hybridized carbons (Fsp3) is 0.375.